The molecule has 2 heterocycles. The number of carboxylic acid groups (broad SMARTS) is 1. The normalized spacial score (nSPS) is 10.4. The summed E-state index contributed by atoms with van der Waals surface area (Å²) in [7, 11) is 0. The first kappa shape index (κ1) is 12.0. The van der Waals surface area contributed by atoms with E-state index in [0.29, 0.717) is 17.1 Å². The van der Waals surface area contributed by atoms with Gasteiger partial charge < -0.3 is 9.63 Å². The average molecular weight is 267 g/mol. The van der Waals surface area contributed by atoms with Gasteiger partial charge in [0.15, 0.2) is 0 Å². The molecule has 0 aliphatic carbocycles. The van der Waals surface area contributed by atoms with Crippen molar-refractivity contribution in [3.63, 3.8) is 0 Å². The Bertz CT molecular complexity index is 753. The van der Waals surface area contributed by atoms with Crippen LogP contribution in [0.2, 0.25) is 0 Å². The van der Waals surface area contributed by atoms with Gasteiger partial charge in [-0.05, 0) is 30.3 Å². The highest BCUT2D eigenvalue weighted by Crippen LogP contribution is 2.21. The maximum Gasteiger partial charge on any atom is 0.335 e. The Balaban J connectivity index is 1.98. The van der Waals surface area contributed by atoms with Crippen molar-refractivity contribution >= 4 is 5.97 Å². The van der Waals surface area contributed by atoms with E-state index in [1.54, 1.807) is 30.5 Å². The molecule has 0 atom stereocenters. The Kier molecular flexibility index (Phi) is 2.96. The molecule has 0 aliphatic heterocycles. The van der Waals surface area contributed by atoms with Crippen molar-refractivity contribution in [2.24, 2.45) is 0 Å². The highest BCUT2D eigenvalue weighted by atomic mass is 16.5. The largest absolute Gasteiger partial charge is 0.478 e. The second-order valence-corrected chi connectivity index (χ2v) is 4.02. The van der Waals surface area contributed by atoms with Crippen LogP contribution in [0.15, 0.2) is 53.2 Å². The Morgan fingerprint density at radius 2 is 2.05 bits per heavy atom. The van der Waals surface area contributed by atoms with E-state index in [0.717, 1.165) is 0 Å². The predicted octanol–water partition coefficient (Wildman–Crippen LogP) is 2.50. The summed E-state index contributed by atoms with van der Waals surface area (Å²) in [4.78, 5) is 19.3. The second kappa shape index (κ2) is 4.93. The van der Waals surface area contributed by atoms with E-state index >= 15 is 0 Å². The molecular formula is C14H9N3O3. The van der Waals surface area contributed by atoms with Crippen LogP contribution >= 0.6 is 0 Å². The summed E-state index contributed by atoms with van der Waals surface area (Å²) in [6.07, 6.45) is 1.64. The maximum atomic E-state index is 10.9. The SMILES string of the molecule is O=C(O)c1cccc(-c2nc(-c3ccccn3)no2)c1. The van der Waals surface area contributed by atoms with Gasteiger partial charge in [-0.2, -0.15) is 4.98 Å². The lowest BCUT2D eigenvalue weighted by molar-refractivity contribution is 0.0697. The van der Waals surface area contributed by atoms with E-state index in [4.69, 9.17) is 9.63 Å². The van der Waals surface area contributed by atoms with Gasteiger partial charge >= 0.3 is 5.97 Å². The molecule has 1 N–H and O–H groups in total. The monoisotopic (exact) mass is 267 g/mol. The standard InChI is InChI=1S/C14H9N3O3/c18-14(19)10-5-3-4-9(8-10)13-16-12(17-20-13)11-6-1-2-7-15-11/h1-8H,(H,18,19). The predicted molar refractivity (Wildman–Crippen MR) is 69.9 cm³/mol. The quantitative estimate of drug-likeness (QED) is 0.784. The number of aromatic carboxylic acids is 1. The van der Waals surface area contributed by atoms with E-state index in [1.807, 2.05) is 6.07 Å². The van der Waals surface area contributed by atoms with E-state index in [-0.39, 0.29) is 11.5 Å². The minimum Gasteiger partial charge on any atom is -0.478 e. The molecule has 0 radical (unpaired) electrons. The Hall–Kier alpha value is -3.02. The summed E-state index contributed by atoms with van der Waals surface area (Å²) in [5.41, 5.74) is 1.32. The van der Waals surface area contributed by atoms with E-state index in [1.165, 1.54) is 12.1 Å². The molecule has 0 saturated carbocycles. The summed E-state index contributed by atoms with van der Waals surface area (Å²) in [5, 5.41) is 12.8. The van der Waals surface area contributed by atoms with Crippen LogP contribution in [0.4, 0.5) is 0 Å². The minimum absolute atomic E-state index is 0.167. The van der Waals surface area contributed by atoms with Crippen molar-refractivity contribution in [1.82, 2.24) is 15.1 Å². The third kappa shape index (κ3) is 2.26. The molecule has 0 aliphatic rings. The van der Waals surface area contributed by atoms with Gasteiger partial charge in [-0.1, -0.05) is 17.3 Å². The zero-order valence-electron chi connectivity index (χ0n) is 10.2. The van der Waals surface area contributed by atoms with Gasteiger partial charge in [0.1, 0.15) is 5.69 Å². The van der Waals surface area contributed by atoms with Crippen LogP contribution in [-0.4, -0.2) is 26.2 Å². The van der Waals surface area contributed by atoms with Crippen LogP contribution in [0, 0.1) is 0 Å². The third-order valence-electron chi connectivity index (χ3n) is 2.68. The number of aromatic nitrogens is 3. The lowest BCUT2D eigenvalue weighted by Gasteiger charge is -1.96. The van der Waals surface area contributed by atoms with Crippen LogP contribution in [0.25, 0.3) is 23.0 Å². The summed E-state index contributed by atoms with van der Waals surface area (Å²) in [6.45, 7) is 0. The lowest BCUT2D eigenvalue weighted by Crippen LogP contribution is -1.95. The van der Waals surface area contributed by atoms with Crippen LogP contribution in [0.1, 0.15) is 10.4 Å². The molecule has 2 aromatic heterocycles. The lowest BCUT2D eigenvalue weighted by atomic mass is 10.1. The van der Waals surface area contributed by atoms with Crippen molar-refractivity contribution in [3.05, 3.63) is 54.2 Å². The van der Waals surface area contributed by atoms with Crippen molar-refractivity contribution in [2.45, 2.75) is 0 Å². The first-order chi connectivity index (χ1) is 9.74. The third-order valence-corrected chi connectivity index (χ3v) is 2.68. The number of carbonyl (C=O) groups is 1. The number of hydrogen-bond donors (Lipinski definition) is 1. The zero-order chi connectivity index (χ0) is 13.9. The molecule has 6 nitrogen and oxygen atoms in total. The van der Waals surface area contributed by atoms with E-state index in [2.05, 4.69) is 15.1 Å². The first-order valence-electron chi connectivity index (χ1n) is 5.83. The number of nitrogens with zero attached hydrogens (tertiary/aromatic N) is 3. The smallest absolute Gasteiger partial charge is 0.335 e. The van der Waals surface area contributed by atoms with Gasteiger partial charge in [0, 0.05) is 11.8 Å². The molecular weight excluding hydrogens is 258 g/mol. The molecule has 3 aromatic rings. The second-order valence-electron chi connectivity index (χ2n) is 4.02. The molecule has 0 bridgehead atoms. The zero-order valence-corrected chi connectivity index (χ0v) is 10.2. The summed E-state index contributed by atoms with van der Waals surface area (Å²) in [5.74, 6) is -0.383. The van der Waals surface area contributed by atoms with E-state index < -0.39 is 5.97 Å². The summed E-state index contributed by atoms with van der Waals surface area (Å²) < 4.78 is 5.15. The molecule has 0 unspecified atom stereocenters. The van der Waals surface area contributed by atoms with Gasteiger partial charge in [-0.3, -0.25) is 4.98 Å². The topological polar surface area (TPSA) is 89.1 Å². The fourth-order valence-electron chi connectivity index (χ4n) is 1.73. The van der Waals surface area contributed by atoms with Gasteiger partial charge in [-0.15, -0.1) is 0 Å². The van der Waals surface area contributed by atoms with Crippen LogP contribution in [0.5, 0.6) is 0 Å². The molecule has 0 spiro atoms. The maximum absolute atomic E-state index is 10.9. The minimum atomic E-state index is -1.00. The molecule has 0 amide bonds. The van der Waals surface area contributed by atoms with Crippen molar-refractivity contribution in [2.75, 3.05) is 0 Å². The Labute approximate surface area is 113 Å². The van der Waals surface area contributed by atoms with Gasteiger partial charge in [-0.25, -0.2) is 4.79 Å². The average Bonchev–Trinajstić information content (AvgIpc) is 2.98. The van der Waals surface area contributed by atoms with Gasteiger partial charge in [0.25, 0.3) is 5.89 Å². The number of hydrogen-bond acceptors (Lipinski definition) is 5. The molecule has 3 rings (SSSR count). The molecule has 6 heteroatoms. The highest BCUT2D eigenvalue weighted by molar-refractivity contribution is 5.89. The number of carboxylic acids is 1. The number of rotatable bonds is 3. The van der Waals surface area contributed by atoms with Crippen LogP contribution in [-0.2, 0) is 0 Å². The Morgan fingerprint density at radius 3 is 2.80 bits per heavy atom. The van der Waals surface area contributed by atoms with Crippen molar-refractivity contribution < 1.29 is 14.4 Å². The molecule has 1 aromatic carbocycles. The summed E-state index contributed by atoms with van der Waals surface area (Å²) in [6, 6.07) is 11.7. The van der Waals surface area contributed by atoms with Crippen molar-refractivity contribution in [1.29, 1.82) is 0 Å². The number of pyridine rings is 1. The van der Waals surface area contributed by atoms with E-state index in [9.17, 15) is 4.79 Å². The van der Waals surface area contributed by atoms with Gasteiger partial charge in [0.2, 0.25) is 5.82 Å². The first-order valence-corrected chi connectivity index (χ1v) is 5.83. The van der Waals surface area contributed by atoms with Gasteiger partial charge in [0.05, 0.1) is 5.56 Å². The van der Waals surface area contributed by atoms with Crippen molar-refractivity contribution in [3.8, 4) is 23.0 Å². The molecule has 98 valence electrons. The molecule has 20 heavy (non-hydrogen) atoms. The number of benzene rings is 1. The van der Waals surface area contributed by atoms with Crippen LogP contribution < -0.4 is 0 Å². The molecule has 0 fully saturated rings. The van der Waals surface area contributed by atoms with Crippen LogP contribution in [0.3, 0.4) is 0 Å². The fourth-order valence-corrected chi connectivity index (χ4v) is 1.73. The Morgan fingerprint density at radius 1 is 1.15 bits per heavy atom. The summed E-state index contributed by atoms with van der Waals surface area (Å²) >= 11 is 0. The fraction of sp³-hybridized carbons (Fsp3) is 0. The highest BCUT2D eigenvalue weighted by Gasteiger charge is 2.12. The molecule has 0 saturated heterocycles.